The molecule has 2 nitrogen and oxygen atoms in total. The number of rotatable bonds is 2. The van der Waals surface area contributed by atoms with Gasteiger partial charge in [-0.25, -0.2) is 0 Å². The molecule has 1 heterocycles. The molecule has 1 aromatic heterocycles. The van der Waals surface area contributed by atoms with Crippen LogP contribution in [-0.4, -0.2) is 4.98 Å². The molecule has 0 amide bonds. The van der Waals surface area contributed by atoms with Crippen molar-refractivity contribution in [3.63, 3.8) is 0 Å². The molecule has 0 bridgehead atoms. The second-order valence-electron chi connectivity index (χ2n) is 4.65. The zero-order chi connectivity index (χ0) is 12.4. The standard InChI is InChI=1S/C15H15ClN2/c16-12-6-2-7-13(10-12)18-14-8-1-4-11-5-3-9-17-15(11)14/h2-3,5-7,9-10,14,18H,1,4,8H2. The summed E-state index contributed by atoms with van der Waals surface area (Å²) in [5, 5.41) is 4.29. The molecule has 2 aromatic rings. The van der Waals surface area contributed by atoms with E-state index in [1.807, 2.05) is 36.5 Å². The number of benzene rings is 1. The van der Waals surface area contributed by atoms with Gasteiger partial charge in [-0.15, -0.1) is 0 Å². The van der Waals surface area contributed by atoms with Gasteiger partial charge in [-0.1, -0.05) is 23.7 Å². The smallest absolute Gasteiger partial charge is 0.0688 e. The van der Waals surface area contributed by atoms with Crippen molar-refractivity contribution < 1.29 is 0 Å². The van der Waals surface area contributed by atoms with Gasteiger partial charge in [-0.05, 0) is 49.1 Å². The Bertz CT molecular complexity index is 554. The first-order valence-electron chi connectivity index (χ1n) is 6.29. The minimum atomic E-state index is 0.299. The summed E-state index contributed by atoms with van der Waals surface area (Å²) in [4.78, 5) is 4.52. The van der Waals surface area contributed by atoms with E-state index in [0.29, 0.717) is 6.04 Å². The quantitative estimate of drug-likeness (QED) is 0.872. The van der Waals surface area contributed by atoms with Crippen molar-refractivity contribution in [2.75, 3.05) is 5.32 Å². The molecule has 3 heteroatoms. The number of hydrogen-bond donors (Lipinski definition) is 1. The molecule has 0 spiro atoms. The molecule has 1 aromatic carbocycles. The molecule has 18 heavy (non-hydrogen) atoms. The van der Waals surface area contributed by atoms with Crippen molar-refractivity contribution in [2.45, 2.75) is 25.3 Å². The van der Waals surface area contributed by atoms with Crippen LogP contribution < -0.4 is 5.32 Å². The number of pyridine rings is 1. The lowest BCUT2D eigenvalue weighted by Gasteiger charge is -2.26. The number of halogens is 1. The molecule has 3 rings (SSSR count). The first-order chi connectivity index (χ1) is 8.83. The molecular weight excluding hydrogens is 244 g/mol. The van der Waals surface area contributed by atoms with E-state index in [0.717, 1.165) is 23.6 Å². The molecule has 0 aliphatic heterocycles. The molecule has 0 saturated carbocycles. The number of nitrogens with zero attached hydrogens (tertiary/aromatic N) is 1. The van der Waals surface area contributed by atoms with Crippen LogP contribution in [0.2, 0.25) is 5.02 Å². The van der Waals surface area contributed by atoms with Crippen LogP contribution in [0, 0.1) is 0 Å². The maximum atomic E-state index is 6.01. The van der Waals surface area contributed by atoms with Gasteiger partial charge in [0.25, 0.3) is 0 Å². The number of aryl methyl sites for hydroxylation is 1. The summed E-state index contributed by atoms with van der Waals surface area (Å²) in [5.74, 6) is 0. The number of fused-ring (bicyclic) bond motifs is 1. The van der Waals surface area contributed by atoms with E-state index in [-0.39, 0.29) is 0 Å². The minimum absolute atomic E-state index is 0.299. The van der Waals surface area contributed by atoms with Crippen molar-refractivity contribution in [1.82, 2.24) is 4.98 Å². The fraction of sp³-hybridized carbons (Fsp3) is 0.267. The maximum Gasteiger partial charge on any atom is 0.0688 e. The first-order valence-corrected chi connectivity index (χ1v) is 6.66. The summed E-state index contributed by atoms with van der Waals surface area (Å²) in [6.45, 7) is 0. The lowest BCUT2D eigenvalue weighted by Crippen LogP contribution is -2.18. The minimum Gasteiger partial charge on any atom is -0.377 e. The predicted molar refractivity (Wildman–Crippen MR) is 75.0 cm³/mol. The van der Waals surface area contributed by atoms with Crippen LogP contribution in [0.1, 0.15) is 30.1 Å². The molecule has 0 fully saturated rings. The van der Waals surface area contributed by atoms with E-state index in [9.17, 15) is 0 Å². The molecule has 1 atom stereocenters. The Labute approximate surface area is 112 Å². The van der Waals surface area contributed by atoms with E-state index in [1.165, 1.54) is 17.7 Å². The number of anilines is 1. The summed E-state index contributed by atoms with van der Waals surface area (Å²) in [5.41, 5.74) is 3.61. The Morgan fingerprint density at radius 1 is 1.22 bits per heavy atom. The highest BCUT2D eigenvalue weighted by Crippen LogP contribution is 2.31. The third-order valence-electron chi connectivity index (χ3n) is 3.36. The van der Waals surface area contributed by atoms with Gasteiger partial charge in [0, 0.05) is 16.9 Å². The molecule has 1 N–H and O–H groups in total. The summed E-state index contributed by atoms with van der Waals surface area (Å²) in [7, 11) is 0. The highest BCUT2D eigenvalue weighted by Gasteiger charge is 2.20. The van der Waals surface area contributed by atoms with Crippen molar-refractivity contribution in [3.05, 3.63) is 58.9 Å². The van der Waals surface area contributed by atoms with Gasteiger partial charge in [0.1, 0.15) is 0 Å². The van der Waals surface area contributed by atoms with Gasteiger partial charge >= 0.3 is 0 Å². The molecule has 1 aliphatic rings. The summed E-state index contributed by atoms with van der Waals surface area (Å²) >= 11 is 6.01. The maximum absolute atomic E-state index is 6.01. The van der Waals surface area contributed by atoms with E-state index in [2.05, 4.69) is 16.4 Å². The second-order valence-corrected chi connectivity index (χ2v) is 5.08. The van der Waals surface area contributed by atoms with Crippen LogP contribution in [-0.2, 0) is 6.42 Å². The highest BCUT2D eigenvalue weighted by atomic mass is 35.5. The molecular formula is C15H15ClN2. The summed E-state index contributed by atoms with van der Waals surface area (Å²) < 4.78 is 0. The molecule has 92 valence electrons. The van der Waals surface area contributed by atoms with Crippen LogP contribution in [0.5, 0.6) is 0 Å². The van der Waals surface area contributed by atoms with E-state index >= 15 is 0 Å². The summed E-state index contributed by atoms with van der Waals surface area (Å²) in [6.07, 6.45) is 5.33. The zero-order valence-electron chi connectivity index (χ0n) is 10.1. The summed E-state index contributed by atoms with van der Waals surface area (Å²) in [6, 6.07) is 12.3. The lowest BCUT2D eigenvalue weighted by atomic mass is 9.92. The van der Waals surface area contributed by atoms with Crippen LogP contribution >= 0.6 is 11.6 Å². The molecule has 0 radical (unpaired) electrons. The van der Waals surface area contributed by atoms with Crippen LogP contribution in [0.3, 0.4) is 0 Å². The van der Waals surface area contributed by atoms with Gasteiger partial charge in [-0.2, -0.15) is 0 Å². The predicted octanol–water partition coefficient (Wildman–Crippen LogP) is 4.22. The third kappa shape index (κ3) is 2.34. The van der Waals surface area contributed by atoms with Crippen molar-refractivity contribution in [3.8, 4) is 0 Å². The van der Waals surface area contributed by atoms with E-state index < -0.39 is 0 Å². The van der Waals surface area contributed by atoms with E-state index in [1.54, 1.807) is 0 Å². The molecule has 1 unspecified atom stereocenters. The Hall–Kier alpha value is -1.54. The number of nitrogens with one attached hydrogen (secondary N) is 1. The van der Waals surface area contributed by atoms with Gasteiger partial charge in [-0.3, -0.25) is 4.98 Å². The molecule has 0 saturated heterocycles. The normalized spacial score (nSPS) is 18.2. The van der Waals surface area contributed by atoms with Crippen molar-refractivity contribution >= 4 is 17.3 Å². The van der Waals surface area contributed by atoms with Crippen LogP contribution in [0.25, 0.3) is 0 Å². The average molecular weight is 259 g/mol. The van der Waals surface area contributed by atoms with E-state index in [4.69, 9.17) is 11.6 Å². The topological polar surface area (TPSA) is 24.9 Å². The fourth-order valence-electron chi connectivity index (χ4n) is 2.53. The van der Waals surface area contributed by atoms with Gasteiger partial charge in [0.15, 0.2) is 0 Å². The second kappa shape index (κ2) is 4.99. The monoisotopic (exact) mass is 258 g/mol. The Morgan fingerprint density at radius 2 is 2.17 bits per heavy atom. The van der Waals surface area contributed by atoms with Crippen molar-refractivity contribution in [1.29, 1.82) is 0 Å². The average Bonchev–Trinajstić information content (AvgIpc) is 2.39. The Balaban J connectivity index is 1.86. The highest BCUT2D eigenvalue weighted by molar-refractivity contribution is 6.30. The SMILES string of the molecule is Clc1cccc(NC2CCCc3cccnc32)c1. The number of hydrogen-bond acceptors (Lipinski definition) is 2. The third-order valence-corrected chi connectivity index (χ3v) is 3.60. The molecule has 1 aliphatic carbocycles. The first kappa shape index (κ1) is 11.5. The lowest BCUT2D eigenvalue weighted by molar-refractivity contribution is 0.583. The van der Waals surface area contributed by atoms with Gasteiger partial charge in [0.05, 0.1) is 11.7 Å². The largest absolute Gasteiger partial charge is 0.377 e. The van der Waals surface area contributed by atoms with Gasteiger partial charge < -0.3 is 5.32 Å². The van der Waals surface area contributed by atoms with Gasteiger partial charge in [0.2, 0.25) is 0 Å². The Morgan fingerprint density at radius 3 is 3.06 bits per heavy atom. The van der Waals surface area contributed by atoms with Crippen molar-refractivity contribution in [2.24, 2.45) is 0 Å². The fourth-order valence-corrected chi connectivity index (χ4v) is 2.72. The van der Waals surface area contributed by atoms with Crippen LogP contribution in [0.15, 0.2) is 42.6 Å². The Kier molecular flexibility index (Phi) is 3.20. The number of aromatic nitrogens is 1. The zero-order valence-corrected chi connectivity index (χ0v) is 10.8. The van der Waals surface area contributed by atoms with Crippen LogP contribution in [0.4, 0.5) is 5.69 Å².